The van der Waals surface area contributed by atoms with Gasteiger partial charge in [0.15, 0.2) is 0 Å². The second-order valence-corrected chi connectivity index (χ2v) is 11.7. The van der Waals surface area contributed by atoms with Crippen LogP contribution in [0.2, 0.25) is 0 Å². The van der Waals surface area contributed by atoms with E-state index in [-0.39, 0.29) is 0 Å². The molecular formula is C9H30F6N2O18P6. The summed E-state index contributed by atoms with van der Waals surface area (Å²) in [6, 6.07) is 0. The molecule has 1 aliphatic heterocycles. The van der Waals surface area contributed by atoms with Crippen LogP contribution in [0, 0.1) is 0 Å². The van der Waals surface area contributed by atoms with E-state index in [0.29, 0.717) is 6.17 Å². The van der Waals surface area contributed by atoms with E-state index in [9.17, 15) is 25.2 Å². The maximum Gasteiger partial charge on any atom is 0.507 e. The summed E-state index contributed by atoms with van der Waals surface area (Å²) >= 11 is 0. The Hall–Kier alpha value is -0.180. The zero-order chi connectivity index (χ0) is 35.3. The van der Waals surface area contributed by atoms with Crippen LogP contribution >= 0.6 is 47.4 Å². The van der Waals surface area contributed by atoms with Crippen LogP contribution in [-0.2, 0) is 27.4 Å². The van der Waals surface area contributed by atoms with Crippen LogP contribution in [0.5, 0.6) is 0 Å². The lowest BCUT2D eigenvalue weighted by molar-refractivity contribution is 0.193. The molecule has 41 heavy (non-hydrogen) atoms. The van der Waals surface area contributed by atoms with E-state index in [1.165, 1.54) is 19.4 Å². The molecule has 0 saturated carbocycles. The average molecular weight is 754 g/mol. The van der Waals surface area contributed by atoms with Gasteiger partial charge in [0, 0.05) is 26.0 Å². The Labute approximate surface area is 228 Å². The van der Waals surface area contributed by atoms with Gasteiger partial charge in [-0.1, -0.05) is 13.3 Å². The third-order valence-corrected chi connectivity index (χ3v) is 2.33. The number of hydrogen-bond acceptors (Lipinski definition) is 8. The highest BCUT2D eigenvalue weighted by molar-refractivity contribution is 7.46. The lowest BCUT2D eigenvalue weighted by atomic mass is 10.3. The minimum atomic E-state index is -5.14. The predicted octanol–water partition coefficient (Wildman–Crippen LogP) is 2.14. The highest BCUT2D eigenvalue weighted by Gasteiger charge is 2.16. The van der Waals surface area contributed by atoms with Gasteiger partial charge in [0.25, 0.3) is 0 Å². The first-order chi connectivity index (χ1) is 17.3. The molecule has 0 bridgehead atoms. The van der Waals surface area contributed by atoms with Gasteiger partial charge in [-0.05, 0) is 13.3 Å². The molecule has 12 N–H and O–H groups in total. The van der Waals surface area contributed by atoms with Crippen LogP contribution in [0.1, 0.15) is 26.7 Å². The summed E-state index contributed by atoms with van der Waals surface area (Å²) in [7, 11) is -28.7. The molecular weight excluding hydrogens is 724 g/mol. The van der Waals surface area contributed by atoms with Crippen LogP contribution < -0.4 is 0 Å². The van der Waals surface area contributed by atoms with Crippen molar-refractivity contribution in [3.63, 3.8) is 0 Å². The summed E-state index contributed by atoms with van der Waals surface area (Å²) in [5, 5.41) is 0. The number of hydrogen-bond donors (Lipinski definition) is 12. The zero-order valence-electron chi connectivity index (χ0n) is 20.5. The van der Waals surface area contributed by atoms with Crippen molar-refractivity contribution < 1.29 is 111 Å². The maximum atomic E-state index is 10.4. The summed E-state index contributed by atoms with van der Waals surface area (Å²) in [6.07, 6.45) is 7.45. The van der Waals surface area contributed by atoms with Gasteiger partial charge in [0.05, 0.1) is 6.17 Å². The third kappa shape index (κ3) is 201. The highest BCUT2D eigenvalue weighted by Crippen LogP contribution is 2.37. The van der Waals surface area contributed by atoms with E-state index in [1.54, 1.807) is 0 Å². The highest BCUT2D eigenvalue weighted by atomic mass is 31.2. The lowest BCUT2D eigenvalue weighted by Crippen LogP contribution is -2.33. The second kappa shape index (κ2) is 24.2. The average Bonchev–Trinajstić information content (AvgIpc) is 2.82. The summed E-state index contributed by atoms with van der Waals surface area (Å²) in [6.45, 7) is 5.66. The van der Waals surface area contributed by atoms with Crippen molar-refractivity contribution in [2.75, 3.05) is 13.6 Å². The third-order valence-electron chi connectivity index (χ3n) is 2.33. The van der Waals surface area contributed by atoms with Crippen LogP contribution in [0.25, 0.3) is 0 Å². The van der Waals surface area contributed by atoms with Gasteiger partial charge in [-0.15, -0.1) is 25.2 Å². The van der Waals surface area contributed by atoms with E-state index < -0.39 is 47.4 Å². The molecule has 0 aromatic carbocycles. The van der Waals surface area contributed by atoms with Crippen molar-refractivity contribution in [3.8, 4) is 0 Å². The molecule has 0 radical (unpaired) electrons. The standard InChI is InChI=1S/C9H18N2.6FH2O3P/c1-4-5-6-11-8-7-10(3)9(11)2;6*1-5(2,3)4/h7-9H,4-6H2,1-3H3;6*(H2,2,3,4). The van der Waals surface area contributed by atoms with E-state index in [1.807, 2.05) is 0 Å². The Morgan fingerprint density at radius 2 is 0.756 bits per heavy atom. The molecule has 0 spiro atoms. The fourth-order valence-corrected chi connectivity index (χ4v) is 1.28. The van der Waals surface area contributed by atoms with Crippen molar-refractivity contribution in [2.24, 2.45) is 0 Å². The summed E-state index contributed by atoms with van der Waals surface area (Å²) in [4.78, 5) is 88.2. The first-order valence-electron chi connectivity index (χ1n) is 8.92. The van der Waals surface area contributed by atoms with E-state index in [0.717, 1.165) is 0 Å². The molecule has 1 atom stereocenters. The second-order valence-electron chi connectivity index (χ2n) is 6.02. The van der Waals surface area contributed by atoms with Crippen molar-refractivity contribution in [1.29, 1.82) is 0 Å². The van der Waals surface area contributed by atoms with Crippen LogP contribution in [-0.4, -0.2) is 88.3 Å². The molecule has 1 rings (SSSR count). The topological polar surface area (TPSA) is 352 Å². The van der Waals surface area contributed by atoms with Crippen LogP contribution in [0.15, 0.2) is 12.4 Å². The van der Waals surface area contributed by atoms with Crippen LogP contribution in [0.3, 0.4) is 0 Å². The largest absolute Gasteiger partial charge is 0.507 e. The van der Waals surface area contributed by atoms with Gasteiger partial charge >= 0.3 is 47.4 Å². The molecule has 0 aromatic rings. The minimum Gasteiger partial charge on any atom is -0.359 e. The number of nitrogens with zero attached hydrogens (tertiary/aromatic N) is 2. The smallest absolute Gasteiger partial charge is 0.359 e. The minimum absolute atomic E-state index is 0.557. The Bertz CT molecular complexity index is 767. The molecule has 20 nitrogen and oxygen atoms in total. The molecule has 0 fully saturated rings. The molecule has 1 heterocycles. The first kappa shape index (κ1) is 53.4. The molecule has 1 aliphatic rings. The number of unbranched alkanes of at least 4 members (excludes halogenated alkanes) is 1. The van der Waals surface area contributed by atoms with Crippen molar-refractivity contribution in [1.82, 2.24) is 9.80 Å². The van der Waals surface area contributed by atoms with Crippen molar-refractivity contribution in [3.05, 3.63) is 12.4 Å². The molecule has 0 saturated heterocycles. The van der Waals surface area contributed by atoms with E-state index in [4.69, 9.17) is 86.1 Å². The molecule has 1 unspecified atom stereocenters. The summed E-state index contributed by atoms with van der Waals surface area (Å²) in [5.74, 6) is 0. The van der Waals surface area contributed by atoms with Gasteiger partial charge < -0.3 is 9.80 Å². The molecule has 256 valence electrons. The molecule has 0 aromatic heterocycles. The van der Waals surface area contributed by atoms with Crippen molar-refractivity contribution in [2.45, 2.75) is 32.9 Å². The SMILES string of the molecule is CCCCN1C=CN(C)C1C.O=P(O)(O)F.O=P(O)(O)F.O=P(O)(O)F.O=P(O)(O)F.O=P(O)(O)F.O=P(O)(O)F. The Morgan fingerprint density at radius 3 is 0.878 bits per heavy atom. The van der Waals surface area contributed by atoms with E-state index in [2.05, 4.69) is 43.1 Å². The number of halogens is 6. The summed E-state index contributed by atoms with van der Waals surface area (Å²) in [5.41, 5.74) is 0. The first-order valence-corrected chi connectivity index (χ1v) is 17.9. The lowest BCUT2D eigenvalue weighted by Gasteiger charge is -2.26. The quantitative estimate of drug-likeness (QED) is 0.145. The van der Waals surface area contributed by atoms with Crippen LogP contribution in [0.4, 0.5) is 25.2 Å². The molecule has 0 aliphatic carbocycles. The Kier molecular flexibility index (Phi) is 31.5. The fourth-order valence-electron chi connectivity index (χ4n) is 1.28. The Morgan fingerprint density at radius 1 is 0.561 bits per heavy atom. The maximum absolute atomic E-state index is 10.4. The monoisotopic (exact) mass is 754 g/mol. The fraction of sp³-hybridized carbons (Fsp3) is 0.778. The van der Waals surface area contributed by atoms with E-state index >= 15 is 0 Å². The Balaban J connectivity index is -0.0000000904. The van der Waals surface area contributed by atoms with Gasteiger partial charge in [-0.25, -0.2) is 27.4 Å². The van der Waals surface area contributed by atoms with Gasteiger partial charge in [-0.3, -0.25) is 58.7 Å². The molecule has 0 amide bonds. The van der Waals surface area contributed by atoms with Gasteiger partial charge in [0.1, 0.15) is 0 Å². The summed E-state index contributed by atoms with van der Waals surface area (Å²) < 4.78 is 114. The zero-order valence-corrected chi connectivity index (χ0v) is 25.9. The number of rotatable bonds is 3. The van der Waals surface area contributed by atoms with Gasteiger partial charge in [-0.2, -0.15) is 0 Å². The predicted molar refractivity (Wildman–Crippen MR) is 127 cm³/mol. The normalized spacial score (nSPS) is 14.9. The van der Waals surface area contributed by atoms with Gasteiger partial charge in [0.2, 0.25) is 0 Å². The van der Waals surface area contributed by atoms with Crippen molar-refractivity contribution >= 4 is 47.4 Å². The molecule has 32 heteroatoms.